The van der Waals surface area contributed by atoms with Gasteiger partial charge in [0, 0.05) is 4.88 Å². The number of thiophene rings is 2. The molecular weight excluding hydrogens is 430 g/mol. The lowest BCUT2D eigenvalue weighted by molar-refractivity contribution is -0.130. The Bertz CT molecular complexity index is 1090. The molecule has 0 radical (unpaired) electrons. The number of benzene rings is 1. The molecule has 3 heterocycles. The number of aliphatic hydroxyl groups is 1. The van der Waals surface area contributed by atoms with Gasteiger partial charge >= 0.3 is 0 Å². The second-order valence-corrected chi connectivity index (χ2v) is 8.76. The van der Waals surface area contributed by atoms with Gasteiger partial charge in [0.2, 0.25) is 5.78 Å². The summed E-state index contributed by atoms with van der Waals surface area (Å²) in [5.74, 6) is -0.965. The van der Waals surface area contributed by atoms with E-state index in [-0.39, 0.29) is 17.9 Å². The molecular formula is C21H16ClNO4S2. The third-order valence-corrected chi connectivity index (χ3v) is 6.72. The normalized spacial score (nSPS) is 16.6. The number of carbonyl (C=O) groups is 2. The topological polar surface area (TPSA) is 66.8 Å². The highest BCUT2D eigenvalue weighted by molar-refractivity contribution is 7.12. The predicted octanol–water partition coefficient (Wildman–Crippen LogP) is 5.25. The Balaban J connectivity index is 1.82. The first-order chi connectivity index (χ1) is 14.0. The fourth-order valence-corrected chi connectivity index (χ4v) is 5.01. The smallest absolute Gasteiger partial charge is 0.290 e. The molecule has 0 saturated carbocycles. The van der Waals surface area contributed by atoms with Crippen LogP contribution in [0.4, 0.5) is 0 Å². The SMILES string of the molecule is COc1ccc(C2C(C(=O)c3cccs3)=C(O)C(=O)N2Cc2cccs2)cc1Cl. The summed E-state index contributed by atoms with van der Waals surface area (Å²) in [6.45, 7) is 0.274. The zero-order valence-electron chi connectivity index (χ0n) is 15.3. The number of ether oxygens (including phenoxy) is 1. The number of hydrogen-bond donors (Lipinski definition) is 1. The van der Waals surface area contributed by atoms with E-state index in [2.05, 4.69) is 0 Å². The van der Waals surface area contributed by atoms with Crippen molar-refractivity contribution < 1.29 is 19.4 Å². The number of hydrogen-bond acceptors (Lipinski definition) is 6. The highest BCUT2D eigenvalue weighted by Crippen LogP contribution is 2.42. The van der Waals surface area contributed by atoms with E-state index >= 15 is 0 Å². The highest BCUT2D eigenvalue weighted by atomic mass is 35.5. The van der Waals surface area contributed by atoms with Crippen molar-refractivity contribution in [2.45, 2.75) is 12.6 Å². The summed E-state index contributed by atoms with van der Waals surface area (Å²) in [6, 6.07) is 11.6. The zero-order valence-corrected chi connectivity index (χ0v) is 17.7. The van der Waals surface area contributed by atoms with E-state index in [4.69, 9.17) is 16.3 Å². The van der Waals surface area contributed by atoms with E-state index < -0.39 is 17.7 Å². The molecule has 1 atom stereocenters. The van der Waals surface area contributed by atoms with E-state index in [0.717, 1.165) is 4.88 Å². The summed E-state index contributed by atoms with van der Waals surface area (Å²) in [5.41, 5.74) is 0.694. The molecule has 5 nitrogen and oxygen atoms in total. The molecule has 1 N–H and O–H groups in total. The first-order valence-corrected chi connectivity index (χ1v) is 10.8. The lowest BCUT2D eigenvalue weighted by Gasteiger charge is -2.26. The van der Waals surface area contributed by atoms with Gasteiger partial charge in [0.15, 0.2) is 5.76 Å². The molecule has 4 rings (SSSR count). The number of carbonyl (C=O) groups excluding carboxylic acids is 2. The Morgan fingerprint density at radius 2 is 1.97 bits per heavy atom. The molecule has 0 bridgehead atoms. The molecule has 148 valence electrons. The summed E-state index contributed by atoms with van der Waals surface area (Å²) < 4.78 is 5.21. The van der Waals surface area contributed by atoms with Crippen LogP contribution in [0.5, 0.6) is 5.75 Å². The molecule has 2 aromatic heterocycles. The van der Waals surface area contributed by atoms with Crippen LogP contribution in [0.3, 0.4) is 0 Å². The number of nitrogens with zero attached hydrogens (tertiary/aromatic N) is 1. The van der Waals surface area contributed by atoms with Crippen molar-refractivity contribution in [1.29, 1.82) is 0 Å². The summed E-state index contributed by atoms with van der Waals surface area (Å²) >= 11 is 9.08. The van der Waals surface area contributed by atoms with E-state index in [1.807, 2.05) is 17.5 Å². The van der Waals surface area contributed by atoms with Crippen molar-refractivity contribution in [2.75, 3.05) is 7.11 Å². The van der Waals surface area contributed by atoms with Crippen LogP contribution >= 0.6 is 34.3 Å². The van der Waals surface area contributed by atoms with Gasteiger partial charge in [-0.05, 0) is 40.6 Å². The monoisotopic (exact) mass is 445 g/mol. The molecule has 1 aromatic carbocycles. The number of amides is 1. The average Bonchev–Trinajstić information content (AvgIpc) is 3.46. The number of Topliss-reactive ketones (excluding diaryl/α,β-unsaturated/α-hetero) is 1. The summed E-state index contributed by atoms with van der Waals surface area (Å²) in [5, 5.41) is 14.7. The number of halogens is 1. The third kappa shape index (κ3) is 3.57. The quantitative estimate of drug-likeness (QED) is 0.526. The van der Waals surface area contributed by atoms with Gasteiger partial charge in [0.05, 0.1) is 35.2 Å². The van der Waals surface area contributed by atoms with Crippen LogP contribution in [0, 0.1) is 0 Å². The van der Waals surface area contributed by atoms with Gasteiger partial charge in [-0.2, -0.15) is 0 Å². The fourth-order valence-electron chi connectivity index (χ4n) is 3.36. The minimum atomic E-state index is -0.748. The molecule has 8 heteroatoms. The Morgan fingerprint density at radius 1 is 1.21 bits per heavy atom. The Labute approximate surface area is 180 Å². The van der Waals surface area contributed by atoms with Crippen LogP contribution in [0.25, 0.3) is 0 Å². The molecule has 3 aromatic rings. The number of aliphatic hydroxyl groups excluding tert-OH is 1. The van der Waals surface area contributed by atoms with Crippen LogP contribution in [-0.2, 0) is 11.3 Å². The molecule has 1 aliphatic heterocycles. The van der Waals surface area contributed by atoms with Gasteiger partial charge in [-0.1, -0.05) is 29.8 Å². The van der Waals surface area contributed by atoms with E-state index in [1.54, 1.807) is 35.7 Å². The van der Waals surface area contributed by atoms with Crippen LogP contribution in [0.1, 0.15) is 26.2 Å². The molecule has 29 heavy (non-hydrogen) atoms. The van der Waals surface area contributed by atoms with Gasteiger partial charge in [0.1, 0.15) is 5.75 Å². The maximum Gasteiger partial charge on any atom is 0.290 e. The Morgan fingerprint density at radius 3 is 2.59 bits per heavy atom. The third-order valence-electron chi connectivity index (χ3n) is 4.69. The molecule has 1 amide bonds. The summed E-state index contributed by atoms with van der Waals surface area (Å²) in [6.07, 6.45) is 0. The molecule has 0 saturated heterocycles. The Hall–Kier alpha value is -2.61. The second kappa shape index (κ2) is 8.02. The van der Waals surface area contributed by atoms with Crippen molar-refractivity contribution >= 4 is 46.0 Å². The van der Waals surface area contributed by atoms with Crippen LogP contribution in [0.15, 0.2) is 64.6 Å². The average molecular weight is 446 g/mol. The van der Waals surface area contributed by atoms with Crippen LogP contribution in [-0.4, -0.2) is 28.8 Å². The fraction of sp³-hybridized carbons (Fsp3) is 0.143. The molecule has 0 fully saturated rings. The van der Waals surface area contributed by atoms with E-state index in [1.165, 1.54) is 34.7 Å². The van der Waals surface area contributed by atoms with Crippen molar-refractivity contribution in [3.05, 3.63) is 84.9 Å². The van der Waals surface area contributed by atoms with Crippen molar-refractivity contribution in [3.63, 3.8) is 0 Å². The zero-order chi connectivity index (χ0) is 20.5. The summed E-state index contributed by atoms with van der Waals surface area (Å²) in [7, 11) is 1.51. The van der Waals surface area contributed by atoms with Crippen molar-refractivity contribution in [3.8, 4) is 5.75 Å². The van der Waals surface area contributed by atoms with Crippen molar-refractivity contribution in [2.24, 2.45) is 0 Å². The van der Waals surface area contributed by atoms with Gasteiger partial charge in [-0.3, -0.25) is 9.59 Å². The van der Waals surface area contributed by atoms with Gasteiger partial charge in [-0.25, -0.2) is 0 Å². The van der Waals surface area contributed by atoms with Gasteiger partial charge in [0.25, 0.3) is 5.91 Å². The maximum atomic E-state index is 13.2. The predicted molar refractivity (Wildman–Crippen MR) is 114 cm³/mol. The Kier molecular flexibility index (Phi) is 5.45. The molecule has 1 aliphatic rings. The minimum absolute atomic E-state index is 0.0650. The number of ketones is 1. The van der Waals surface area contributed by atoms with Crippen LogP contribution in [0.2, 0.25) is 5.02 Å². The standard InChI is InChI=1S/C21H16ClNO4S2/c1-27-15-7-6-12(10-14(15)22)18-17(19(24)16-5-3-9-29-16)20(25)21(26)23(18)11-13-4-2-8-28-13/h2-10,18,25H,11H2,1H3. The second-order valence-electron chi connectivity index (χ2n) is 6.38. The van der Waals surface area contributed by atoms with Gasteiger partial charge < -0.3 is 14.7 Å². The number of rotatable bonds is 6. The first-order valence-electron chi connectivity index (χ1n) is 8.69. The lowest BCUT2D eigenvalue weighted by Crippen LogP contribution is -2.30. The summed E-state index contributed by atoms with van der Waals surface area (Å²) in [4.78, 5) is 29.0. The van der Waals surface area contributed by atoms with E-state index in [0.29, 0.717) is 21.2 Å². The molecule has 0 aliphatic carbocycles. The minimum Gasteiger partial charge on any atom is -0.503 e. The van der Waals surface area contributed by atoms with E-state index in [9.17, 15) is 14.7 Å². The van der Waals surface area contributed by atoms with Gasteiger partial charge in [-0.15, -0.1) is 22.7 Å². The first kappa shape index (κ1) is 19.7. The largest absolute Gasteiger partial charge is 0.503 e. The highest BCUT2D eigenvalue weighted by Gasteiger charge is 2.44. The lowest BCUT2D eigenvalue weighted by atomic mass is 9.95. The van der Waals surface area contributed by atoms with Crippen LogP contribution < -0.4 is 4.74 Å². The molecule has 0 spiro atoms. The maximum absolute atomic E-state index is 13.2. The number of methoxy groups -OCH3 is 1. The van der Waals surface area contributed by atoms with Crippen molar-refractivity contribution in [1.82, 2.24) is 4.90 Å². The molecule has 1 unspecified atom stereocenters.